The van der Waals surface area contributed by atoms with Gasteiger partial charge in [0.25, 0.3) is 0 Å². The van der Waals surface area contributed by atoms with E-state index in [1.807, 2.05) is 0 Å². The summed E-state index contributed by atoms with van der Waals surface area (Å²) in [5, 5.41) is 0. The Morgan fingerprint density at radius 2 is 1.86 bits per heavy atom. The van der Waals surface area contributed by atoms with Crippen LogP contribution in [0.5, 0.6) is 0 Å². The molecule has 0 saturated heterocycles. The Morgan fingerprint density at radius 1 is 1.21 bits per heavy atom. The second kappa shape index (κ2) is 6.40. The molecule has 1 atom stereocenters. The van der Waals surface area contributed by atoms with Gasteiger partial charge in [-0.3, -0.25) is 0 Å². The molecule has 0 amide bonds. The molecule has 0 spiro atoms. The van der Waals surface area contributed by atoms with Gasteiger partial charge >= 0.3 is 0 Å². The molecule has 2 heteroatoms. The van der Waals surface area contributed by atoms with Crippen LogP contribution >= 0.6 is 22.6 Å². The van der Waals surface area contributed by atoms with Crippen LogP contribution in [0.4, 0.5) is 0 Å². The van der Waals surface area contributed by atoms with Crippen molar-refractivity contribution in [3.63, 3.8) is 0 Å². The summed E-state index contributed by atoms with van der Waals surface area (Å²) >= 11 is 2.33. The van der Waals surface area contributed by atoms with Crippen LogP contribution in [0.15, 0.2) is 24.3 Å². The molecule has 1 aromatic rings. The largest absolute Gasteiger partial charge is 0.328 e. The topological polar surface area (TPSA) is 26.0 Å². The van der Waals surface area contributed by atoms with Crippen LogP contribution in [0.2, 0.25) is 0 Å². The lowest BCUT2D eigenvalue weighted by Gasteiger charge is -2.09. The van der Waals surface area contributed by atoms with Crippen LogP contribution in [0.1, 0.15) is 31.7 Å². The summed E-state index contributed by atoms with van der Waals surface area (Å²) < 4.78 is 1.30. The van der Waals surface area contributed by atoms with E-state index in [9.17, 15) is 0 Å². The van der Waals surface area contributed by atoms with Crippen molar-refractivity contribution in [1.29, 1.82) is 0 Å². The van der Waals surface area contributed by atoms with Crippen molar-refractivity contribution >= 4 is 22.6 Å². The molecule has 0 bridgehead atoms. The maximum absolute atomic E-state index is 5.96. The van der Waals surface area contributed by atoms with Gasteiger partial charge in [0, 0.05) is 9.61 Å². The molecule has 0 aliphatic heterocycles. The van der Waals surface area contributed by atoms with Crippen molar-refractivity contribution < 1.29 is 0 Å². The lowest BCUT2D eigenvalue weighted by molar-refractivity contribution is 0.561. The van der Waals surface area contributed by atoms with Gasteiger partial charge in [0.15, 0.2) is 0 Å². The highest BCUT2D eigenvalue weighted by atomic mass is 127. The fourth-order valence-electron chi connectivity index (χ4n) is 1.52. The van der Waals surface area contributed by atoms with Crippen molar-refractivity contribution in [2.75, 3.05) is 0 Å². The molecule has 0 aliphatic rings. The van der Waals surface area contributed by atoms with Crippen LogP contribution in [-0.2, 0) is 6.42 Å². The molecule has 1 nitrogen and oxygen atoms in total. The van der Waals surface area contributed by atoms with E-state index in [0.29, 0.717) is 6.04 Å². The van der Waals surface area contributed by atoms with Crippen LogP contribution in [0.3, 0.4) is 0 Å². The second-order valence-electron chi connectivity index (χ2n) is 3.71. The third kappa shape index (κ3) is 4.42. The fraction of sp³-hybridized carbons (Fsp3) is 0.500. The van der Waals surface area contributed by atoms with Crippen LogP contribution in [0, 0.1) is 3.57 Å². The molecule has 1 unspecified atom stereocenters. The first kappa shape index (κ1) is 12.0. The van der Waals surface area contributed by atoms with Crippen LogP contribution < -0.4 is 5.73 Å². The van der Waals surface area contributed by atoms with Gasteiger partial charge in [-0.05, 0) is 59.5 Å². The average Bonchev–Trinajstić information content (AvgIpc) is 2.17. The standard InChI is InChI=1S/C12H18IN/c1-2-3-12(14)9-6-10-4-7-11(13)8-5-10/h4-5,7-8,12H,2-3,6,9,14H2,1H3. The molecular weight excluding hydrogens is 285 g/mol. The quantitative estimate of drug-likeness (QED) is 0.829. The van der Waals surface area contributed by atoms with E-state index in [0.717, 1.165) is 19.3 Å². The lowest BCUT2D eigenvalue weighted by atomic mass is 10.0. The van der Waals surface area contributed by atoms with E-state index < -0.39 is 0 Å². The van der Waals surface area contributed by atoms with E-state index in [-0.39, 0.29) is 0 Å². The predicted octanol–water partition coefficient (Wildman–Crippen LogP) is 3.35. The highest BCUT2D eigenvalue weighted by Crippen LogP contribution is 2.10. The molecule has 0 aliphatic carbocycles. The number of halogens is 1. The van der Waals surface area contributed by atoms with Gasteiger partial charge in [0.05, 0.1) is 0 Å². The minimum atomic E-state index is 0.374. The molecule has 0 heterocycles. The number of nitrogens with two attached hydrogens (primary N) is 1. The Balaban J connectivity index is 2.34. The summed E-state index contributed by atoms with van der Waals surface area (Å²) in [5.74, 6) is 0. The first-order chi connectivity index (χ1) is 6.72. The van der Waals surface area contributed by atoms with Crippen molar-refractivity contribution in [3.05, 3.63) is 33.4 Å². The lowest BCUT2D eigenvalue weighted by Crippen LogP contribution is -2.20. The monoisotopic (exact) mass is 303 g/mol. The van der Waals surface area contributed by atoms with Gasteiger partial charge < -0.3 is 5.73 Å². The third-order valence-electron chi connectivity index (χ3n) is 2.38. The van der Waals surface area contributed by atoms with E-state index in [4.69, 9.17) is 5.73 Å². The summed E-state index contributed by atoms with van der Waals surface area (Å²) in [6, 6.07) is 9.07. The van der Waals surface area contributed by atoms with E-state index >= 15 is 0 Å². The molecule has 78 valence electrons. The van der Waals surface area contributed by atoms with Gasteiger partial charge in [-0.25, -0.2) is 0 Å². The van der Waals surface area contributed by atoms with Gasteiger partial charge in [-0.1, -0.05) is 25.5 Å². The number of hydrogen-bond acceptors (Lipinski definition) is 1. The Morgan fingerprint density at radius 3 is 2.43 bits per heavy atom. The second-order valence-corrected chi connectivity index (χ2v) is 4.96. The number of benzene rings is 1. The summed E-state index contributed by atoms with van der Waals surface area (Å²) in [4.78, 5) is 0. The summed E-state index contributed by atoms with van der Waals surface area (Å²) in [5.41, 5.74) is 7.36. The Bertz CT molecular complexity index is 256. The van der Waals surface area contributed by atoms with Crippen molar-refractivity contribution in [2.24, 2.45) is 5.73 Å². The Hall–Kier alpha value is -0.0900. The highest BCUT2D eigenvalue weighted by molar-refractivity contribution is 14.1. The number of rotatable bonds is 5. The van der Waals surface area contributed by atoms with Gasteiger partial charge in [0.2, 0.25) is 0 Å². The minimum Gasteiger partial charge on any atom is -0.328 e. The number of hydrogen-bond donors (Lipinski definition) is 1. The van der Waals surface area contributed by atoms with Crippen molar-refractivity contribution in [3.8, 4) is 0 Å². The maximum atomic E-state index is 5.96. The molecule has 14 heavy (non-hydrogen) atoms. The molecular formula is C12H18IN. The first-order valence-electron chi connectivity index (χ1n) is 5.22. The molecule has 2 N–H and O–H groups in total. The average molecular weight is 303 g/mol. The van der Waals surface area contributed by atoms with Gasteiger partial charge in [-0.2, -0.15) is 0 Å². The molecule has 1 rings (SSSR count). The van der Waals surface area contributed by atoms with Crippen LogP contribution in [-0.4, -0.2) is 6.04 Å². The number of aryl methyl sites for hydroxylation is 1. The molecule has 1 aromatic carbocycles. The zero-order valence-electron chi connectivity index (χ0n) is 8.67. The van der Waals surface area contributed by atoms with Crippen molar-refractivity contribution in [2.45, 2.75) is 38.6 Å². The molecule has 0 saturated carbocycles. The first-order valence-corrected chi connectivity index (χ1v) is 6.30. The molecule has 0 fully saturated rings. The van der Waals surface area contributed by atoms with Gasteiger partial charge in [-0.15, -0.1) is 0 Å². The zero-order valence-corrected chi connectivity index (χ0v) is 10.8. The Kier molecular flexibility index (Phi) is 5.48. The smallest absolute Gasteiger partial charge is 0.0130 e. The third-order valence-corrected chi connectivity index (χ3v) is 3.10. The molecule has 0 radical (unpaired) electrons. The van der Waals surface area contributed by atoms with E-state index in [1.54, 1.807) is 0 Å². The predicted molar refractivity (Wildman–Crippen MR) is 70.4 cm³/mol. The summed E-state index contributed by atoms with van der Waals surface area (Å²) in [6.07, 6.45) is 4.55. The SMILES string of the molecule is CCCC(N)CCc1ccc(I)cc1. The summed E-state index contributed by atoms with van der Waals surface area (Å²) in [6.45, 7) is 2.19. The van der Waals surface area contributed by atoms with Crippen molar-refractivity contribution in [1.82, 2.24) is 0 Å². The minimum absolute atomic E-state index is 0.374. The Labute approximate surface area is 100 Å². The highest BCUT2D eigenvalue weighted by Gasteiger charge is 2.01. The van der Waals surface area contributed by atoms with Gasteiger partial charge in [0.1, 0.15) is 0 Å². The fourth-order valence-corrected chi connectivity index (χ4v) is 1.88. The molecule has 0 aromatic heterocycles. The zero-order chi connectivity index (χ0) is 10.4. The van der Waals surface area contributed by atoms with Crippen LogP contribution in [0.25, 0.3) is 0 Å². The normalized spacial score (nSPS) is 12.8. The van der Waals surface area contributed by atoms with E-state index in [2.05, 4.69) is 53.8 Å². The summed E-state index contributed by atoms with van der Waals surface area (Å²) in [7, 11) is 0. The maximum Gasteiger partial charge on any atom is 0.0130 e. The van der Waals surface area contributed by atoms with E-state index in [1.165, 1.54) is 15.6 Å².